The number of hydrogen-bond acceptors (Lipinski definition) is 3. The molecular formula is C20H26N2O3S. The van der Waals surface area contributed by atoms with E-state index in [1.54, 1.807) is 6.07 Å². The highest BCUT2D eigenvalue weighted by Crippen LogP contribution is 2.10. The largest absolute Gasteiger partial charge is 0.351 e. The maximum absolute atomic E-state index is 12.2. The Labute approximate surface area is 156 Å². The molecule has 0 fully saturated rings. The molecule has 0 aliphatic heterocycles. The maximum Gasteiger partial charge on any atom is 0.251 e. The fourth-order valence-electron chi connectivity index (χ4n) is 2.62. The SMILES string of the molecule is Cc1ccc(C(=O)NCCN(CCc2ccccc2)S(C)(=O)=O)cc1C. The van der Waals surface area contributed by atoms with Crippen molar-refractivity contribution in [2.45, 2.75) is 20.3 Å². The topological polar surface area (TPSA) is 66.5 Å². The summed E-state index contributed by atoms with van der Waals surface area (Å²) in [6.45, 7) is 4.87. The summed E-state index contributed by atoms with van der Waals surface area (Å²) in [7, 11) is -3.33. The van der Waals surface area contributed by atoms with Gasteiger partial charge in [0.05, 0.1) is 6.26 Å². The van der Waals surface area contributed by atoms with Crippen LogP contribution >= 0.6 is 0 Å². The highest BCUT2D eigenvalue weighted by molar-refractivity contribution is 7.88. The Morgan fingerprint density at radius 1 is 1.00 bits per heavy atom. The van der Waals surface area contributed by atoms with Crippen molar-refractivity contribution in [2.75, 3.05) is 25.9 Å². The van der Waals surface area contributed by atoms with Crippen molar-refractivity contribution in [3.63, 3.8) is 0 Å². The molecule has 0 unspecified atom stereocenters. The molecule has 0 radical (unpaired) electrons. The van der Waals surface area contributed by atoms with Gasteiger partial charge in [0.1, 0.15) is 0 Å². The summed E-state index contributed by atoms with van der Waals surface area (Å²) < 4.78 is 25.4. The molecule has 5 nitrogen and oxygen atoms in total. The van der Waals surface area contributed by atoms with Crippen molar-refractivity contribution in [1.29, 1.82) is 0 Å². The van der Waals surface area contributed by atoms with Crippen LogP contribution in [0.25, 0.3) is 0 Å². The van der Waals surface area contributed by atoms with Gasteiger partial charge < -0.3 is 5.32 Å². The Balaban J connectivity index is 1.90. The Morgan fingerprint density at radius 2 is 1.69 bits per heavy atom. The Bertz CT molecular complexity index is 849. The van der Waals surface area contributed by atoms with E-state index < -0.39 is 10.0 Å². The van der Waals surface area contributed by atoms with Gasteiger partial charge in [0.2, 0.25) is 10.0 Å². The zero-order chi connectivity index (χ0) is 19.2. The summed E-state index contributed by atoms with van der Waals surface area (Å²) in [4.78, 5) is 12.2. The lowest BCUT2D eigenvalue weighted by Gasteiger charge is -2.20. The van der Waals surface area contributed by atoms with E-state index >= 15 is 0 Å². The minimum atomic E-state index is -3.33. The molecule has 0 aliphatic rings. The molecule has 0 aliphatic carbocycles. The highest BCUT2D eigenvalue weighted by Gasteiger charge is 2.16. The number of benzene rings is 2. The first kappa shape index (κ1) is 20.1. The van der Waals surface area contributed by atoms with Crippen molar-refractivity contribution in [3.8, 4) is 0 Å². The quantitative estimate of drug-likeness (QED) is 0.772. The molecule has 0 saturated heterocycles. The van der Waals surface area contributed by atoms with Crippen molar-refractivity contribution >= 4 is 15.9 Å². The molecule has 1 amide bonds. The average molecular weight is 375 g/mol. The summed E-state index contributed by atoms with van der Waals surface area (Å²) in [5.41, 5.74) is 3.85. The number of aryl methyl sites for hydroxylation is 2. The van der Waals surface area contributed by atoms with Crippen LogP contribution in [0.4, 0.5) is 0 Å². The highest BCUT2D eigenvalue weighted by atomic mass is 32.2. The van der Waals surface area contributed by atoms with Crippen molar-refractivity contribution in [3.05, 3.63) is 70.8 Å². The monoisotopic (exact) mass is 374 g/mol. The van der Waals surface area contributed by atoms with E-state index in [9.17, 15) is 13.2 Å². The van der Waals surface area contributed by atoms with Crippen molar-refractivity contribution < 1.29 is 13.2 Å². The number of hydrogen-bond donors (Lipinski definition) is 1. The predicted molar refractivity (Wildman–Crippen MR) is 105 cm³/mol. The Morgan fingerprint density at radius 3 is 2.31 bits per heavy atom. The third-order valence-electron chi connectivity index (χ3n) is 4.38. The maximum atomic E-state index is 12.2. The van der Waals surface area contributed by atoms with Gasteiger partial charge in [-0.25, -0.2) is 12.7 Å². The number of rotatable bonds is 8. The average Bonchev–Trinajstić information content (AvgIpc) is 2.60. The number of amides is 1. The van der Waals surface area contributed by atoms with Crippen LogP contribution < -0.4 is 5.32 Å². The molecule has 2 aromatic carbocycles. The fourth-order valence-corrected chi connectivity index (χ4v) is 3.47. The summed E-state index contributed by atoms with van der Waals surface area (Å²) in [5, 5.41) is 2.80. The van der Waals surface area contributed by atoms with E-state index in [2.05, 4.69) is 5.32 Å². The number of nitrogens with zero attached hydrogens (tertiary/aromatic N) is 1. The standard InChI is InChI=1S/C20H26N2O3S/c1-16-9-10-19(15-17(16)2)20(23)21-12-14-22(26(3,24)25)13-11-18-7-5-4-6-8-18/h4-10,15H,11-14H2,1-3H3,(H,21,23). The van der Waals surface area contributed by atoms with Gasteiger partial charge in [-0.1, -0.05) is 36.4 Å². The molecule has 1 N–H and O–H groups in total. The number of carbonyl (C=O) groups excluding carboxylic acids is 1. The Kier molecular flexibility index (Phi) is 6.94. The van der Waals surface area contributed by atoms with Gasteiger partial charge in [-0.05, 0) is 49.1 Å². The predicted octanol–water partition coefficient (Wildman–Crippen LogP) is 2.54. The van der Waals surface area contributed by atoms with Crippen LogP contribution in [0.15, 0.2) is 48.5 Å². The molecule has 2 aromatic rings. The number of nitrogens with one attached hydrogen (secondary N) is 1. The molecule has 0 aromatic heterocycles. The first-order valence-corrected chi connectivity index (χ1v) is 10.5. The number of sulfonamides is 1. The summed E-state index contributed by atoms with van der Waals surface area (Å²) in [6, 6.07) is 15.3. The smallest absolute Gasteiger partial charge is 0.251 e. The van der Waals surface area contributed by atoms with Gasteiger partial charge in [-0.3, -0.25) is 4.79 Å². The minimum absolute atomic E-state index is 0.190. The van der Waals surface area contributed by atoms with E-state index in [1.165, 1.54) is 10.6 Å². The van der Waals surface area contributed by atoms with E-state index in [0.29, 0.717) is 18.5 Å². The lowest BCUT2D eigenvalue weighted by Crippen LogP contribution is -2.39. The van der Waals surface area contributed by atoms with Gasteiger partial charge in [-0.15, -0.1) is 0 Å². The second kappa shape index (κ2) is 8.96. The van der Waals surface area contributed by atoms with Gasteiger partial charge >= 0.3 is 0 Å². The van der Waals surface area contributed by atoms with E-state index in [-0.39, 0.29) is 19.0 Å². The zero-order valence-corrected chi connectivity index (χ0v) is 16.3. The fraction of sp³-hybridized carbons (Fsp3) is 0.350. The lowest BCUT2D eigenvalue weighted by atomic mass is 10.1. The van der Waals surface area contributed by atoms with Crippen LogP contribution in [0.3, 0.4) is 0 Å². The molecule has 2 rings (SSSR count). The van der Waals surface area contributed by atoms with Crippen molar-refractivity contribution in [2.24, 2.45) is 0 Å². The second-order valence-corrected chi connectivity index (χ2v) is 8.44. The van der Waals surface area contributed by atoms with E-state index in [0.717, 1.165) is 16.7 Å². The molecule has 0 atom stereocenters. The summed E-state index contributed by atoms with van der Waals surface area (Å²) in [5.74, 6) is -0.190. The van der Waals surface area contributed by atoms with E-state index in [1.807, 2.05) is 56.3 Å². The lowest BCUT2D eigenvalue weighted by molar-refractivity contribution is 0.0951. The summed E-state index contributed by atoms with van der Waals surface area (Å²) >= 11 is 0. The summed E-state index contributed by atoms with van der Waals surface area (Å²) in [6.07, 6.45) is 1.84. The first-order chi connectivity index (χ1) is 12.3. The van der Waals surface area contributed by atoms with Gasteiger partial charge in [0, 0.05) is 25.2 Å². The minimum Gasteiger partial charge on any atom is -0.351 e. The van der Waals surface area contributed by atoms with Gasteiger partial charge in [0.15, 0.2) is 0 Å². The van der Waals surface area contributed by atoms with Gasteiger partial charge in [-0.2, -0.15) is 0 Å². The number of carbonyl (C=O) groups is 1. The molecule has 140 valence electrons. The van der Waals surface area contributed by atoms with Crippen LogP contribution in [0.5, 0.6) is 0 Å². The normalized spacial score (nSPS) is 11.5. The van der Waals surface area contributed by atoms with Crippen LogP contribution in [0.1, 0.15) is 27.0 Å². The second-order valence-electron chi connectivity index (χ2n) is 6.45. The Hall–Kier alpha value is -2.18. The van der Waals surface area contributed by atoms with Crippen LogP contribution in [-0.4, -0.2) is 44.5 Å². The molecule has 0 saturated carbocycles. The third-order valence-corrected chi connectivity index (χ3v) is 5.68. The zero-order valence-electron chi connectivity index (χ0n) is 15.5. The molecule has 26 heavy (non-hydrogen) atoms. The molecule has 0 bridgehead atoms. The third kappa shape index (κ3) is 5.97. The molecule has 0 heterocycles. The van der Waals surface area contributed by atoms with Crippen LogP contribution in [0, 0.1) is 13.8 Å². The molecular weight excluding hydrogens is 348 g/mol. The van der Waals surface area contributed by atoms with Crippen LogP contribution in [-0.2, 0) is 16.4 Å². The van der Waals surface area contributed by atoms with Gasteiger partial charge in [0.25, 0.3) is 5.91 Å². The molecule has 0 spiro atoms. The molecule has 6 heteroatoms. The van der Waals surface area contributed by atoms with Crippen molar-refractivity contribution in [1.82, 2.24) is 9.62 Å². The van der Waals surface area contributed by atoms with E-state index in [4.69, 9.17) is 0 Å². The van der Waals surface area contributed by atoms with Crippen LogP contribution in [0.2, 0.25) is 0 Å². The first-order valence-electron chi connectivity index (χ1n) is 8.62.